The van der Waals surface area contributed by atoms with Gasteiger partial charge < -0.3 is 14.4 Å². The minimum absolute atomic E-state index is 0.131. The summed E-state index contributed by atoms with van der Waals surface area (Å²) in [6, 6.07) is 13.2. The van der Waals surface area contributed by atoms with Crippen LogP contribution in [0.1, 0.15) is 30.6 Å². The number of hydrogen-bond acceptors (Lipinski definition) is 5. The predicted octanol–water partition coefficient (Wildman–Crippen LogP) is 2.40. The maximum Gasteiger partial charge on any atom is 0.257 e. The second-order valence-electron chi connectivity index (χ2n) is 7.61. The topological polar surface area (TPSA) is 54.9 Å². The first-order valence-electron chi connectivity index (χ1n) is 9.52. The summed E-state index contributed by atoms with van der Waals surface area (Å²) in [4.78, 5) is 20.4. The summed E-state index contributed by atoms with van der Waals surface area (Å²) in [7, 11) is 0. The van der Waals surface area contributed by atoms with Crippen molar-refractivity contribution in [3.05, 3.63) is 53.7 Å². The summed E-state index contributed by atoms with van der Waals surface area (Å²) in [5.41, 5.74) is 2.39. The van der Waals surface area contributed by atoms with Crippen LogP contribution in [0, 0.1) is 0 Å². The van der Waals surface area contributed by atoms with Crippen molar-refractivity contribution in [2.45, 2.75) is 38.1 Å². The molecule has 2 bridgehead atoms. The van der Waals surface area contributed by atoms with Gasteiger partial charge in [-0.15, -0.1) is 0 Å². The van der Waals surface area contributed by atoms with E-state index in [1.807, 2.05) is 17.0 Å². The molecule has 5 rings (SSSR count). The zero-order valence-corrected chi connectivity index (χ0v) is 15.4. The first kappa shape index (κ1) is 16.6. The molecule has 27 heavy (non-hydrogen) atoms. The molecule has 1 aromatic heterocycles. The lowest BCUT2D eigenvalue weighted by Crippen LogP contribution is -2.47. The molecule has 0 N–H and O–H groups in total. The van der Waals surface area contributed by atoms with Gasteiger partial charge in [-0.05, 0) is 29.7 Å². The lowest BCUT2D eigenvalue weighted by Gasteiger charge is -2.33. The number of hydrogen-bond donors (Lipinski definition) is 0. The number of carbonyl (C=O) groups is 1. The summed E-state index contributed by atoms with van der Waals surface area (Å²) >= 11 is 0. The number of nitrogens with zero attached hydrogens (tertiary/aromatic N) is 3. The van der Waals surface area contributed by atoms with Crippen molar-refractivity contribution in [3.8, 4) is 11.6 Å². The van der Waals surface area contributed by atoms with Gasteiger partial charge in [0.2, 0.25) is 5.91 Å². The third kappa shape index (κ3) is 3.04. The second kappa shape index (κ2) is 6.53. The van der Waals surface area contributed by atoms with E-state index in [1.54, 1.807) is 13.1 Å². The second-order valence-corrected chi connectivity index (χ2v) is 7.61. The zero-order valence-electron chi connectivity index (χ0n) is 15.4. The van der Waals surface area contributed by atoms with E-state index >= 15 is 0 Å². The molecule has 3 aliphatic rings. The Hall–Kier alpha value is -2.60. The summed E-state index contributed by atoms with van der Waals surface area (Å²) in [6.07, 6.45) is 2.69. The van der Waals surface area contributed by atoms with Crippen LogP contribution in [0.4, 0.5) is 0 Å². The third-order valence-electron chi connectivity index (χ3n) is 5.88. The molecule has 0 saturated carbocycles. The van der Waals surface area contributed by atoms with Crippen LogP contribution >= 0.6 is 0 Å². The van der Waals surface area contributed by atoms with E-state index in [-0.39, 0.29) is 12.0 Å². The van der Waals surface area contributed by atoms with Crippen LogP contribution in [0.25, 0.3) is 0 Å². The average Bonchev–Trinajstić information content (AvgIpc) is 3.29. The number of amides is 1. The van der Waals surface area contributed by atoms with Gasteiger partial charge >= 0.3 is 0 Å². The Morgan fingerprint density at radius 2 is 2.04 bits per heavy atom. The molecule has 0 spiro atoms. The summed E-state index contributed by atoms with van der Waals surface area (Å²) < 4.78 is 11.7. The monoisotopic (exact) mass is 365 g/mol. The van der Waals surface area contributed by atoms with Crippen molar-refractivity contribution in [2.24, 2.45) is 0 Å². The Morgan fingerprint density at radius 1 is 1.19 bits per heavy atom. The number of benzene rings is 1. The van der Waals surface area contributed by atoms with Gasteiger partial charge in [0, 0.05) is 44.8 Å². The fourth-order valence-electron chi connectivity index (χ4n) is 4.47. The molecule has 2 saturated heterocycles. The zero-order chi connectivity index (χ0) is 18.4. The third-order valence-corrected chi connectivity index (χ3v) is 5.88. The van der Waals surface area contributed by atoms with Crippen LogP contribution in [0.15, 0.2) is 42.6 Å². The minimum Gasteiger partial charge on any atom is -0.484 e. The maximum atomic E-state index is 11.6. The van der Waals surface area contributed by atoms with Gasteiger partial charge in [0.15, 0.2) is 11.9 Å². The molecule has 140 valence electrons. The van der Waals surface area contributed by atoms with E-state index in [1.165, 1.54) is 5.56 Å². The summed E-state index contributed by atoms with van der Waals surface area (Å²) in [5.74, 6) is 1.47. The van der Waals surface area contributed by atoms with Crippen LogP contribution in [-0.2, 0) is 11.3 Å². The van der Waals surface area contributed by atoms with Gasteiger partial charge in [0.25, 0.3) is 5.88 Å². The summed E-state index contributed by atoms with van der Waals surface area (Å²) in [5, 5.41) is 0. The Labute approximate surface area is 158 Å². The van der Waals surface area contributed by atoms with Crippen molar-refractivity contribution < 1.29 is 14.3 Å². The maximum absolute atomic E-state index is 11.6. The number of pyridine rings is 1. The van der Waals surface area contributed by atoms with E-state index in [4.69, 9.17) is 9.47 Å². The molecular weight excluding hydrogens is 342 g/mol. The lowest BCUT2D eigenvalue weighted by molar-refractivity contribution is -0.131. The minimum atomic E-state index is -0.131. The van der Waals surface area contributed by atoms with Crippen molar-refractivity contribution in [3.63, 3.8) is 0 Å². The van der Waals surface area contributed by atoms with Gasteiger partial charge in [-0.3, -0.25) is 9.69 Å². The molecule has 2 fully saturated rings. The Morgan fingerprint density at radius 3 is 2.78 bits per heavy atom. The van der Waals surface area contributed by atoms with E-state index in [9.17, 15) is 4.79 Å². The number of rotatable bonds is 3. The van der Waals surface area contributed by atoms with Gasteiger partial charge in [-0.2, -0.15) is 0 Å². The number of likely N-dealkylation sites (tertiary alicyclic amines) is 2. The SMILES string of the molecule is CC(=O)N1C[C@@H]2C[C@H]1CN2Cc1ccc(C2COc3cccnc3O2)cc1. The van der Waals surface area contributed by atoms with Crippen LogP contribution in [0.5, 0.6) is 11.6 Å². The quantitative estimate of drug-likeness (QED) is 0.836. The van der Waals surface area contributed by atoms with Crippen LogP contribution in [0.3, 0.4) is 0 Å². The van der Waals surface area contributed by atoms with Crippen LogP contribution < -0.4 is 9.47 Å². The number of carbonyl (C=O) groups excluding carboxylic acids is 1. The number of piperazine rings is 1. The molecule has 1 unspecified atom stereocenters. The Balaban J connectivity index is 1.23. The number of fused-ring (bicyclic) bond motifs is 3. The normalized spacial score (nSPS) is 26.4. The molecule has 3 atom stereocenters. The van der Waals surface area contributed by atoms with E-state index in [2.05, 4.69) is 34.1 Å². The molecule has 1 amide bonds. The predicted molar refractivity (Wildman–Crippen MR) is 99.5 cm³/mol. The van der Waals surface area contributed by atoms with E-state index in [0.29, 0.717) is 30.3 Å². The number of ether oxygens (including phenoxy) is 2. The fourth-order valence-corrected chi connectivity index (χ4v) is 4.47. The lowest BCUT2D eigenvalue weighted by atomic mass is 10.1. The van der Waals surface area contributed by atoms with Gasteiger partial charge in [-0.25, -0.2) is 4.98 Å². The van der Waals surface area contributed by atoms with Crippen molar-refractivity contribution in [2.75, 3.05) is 19.7 Å². The Kier molecular flexibility index (Phi) is 4.01. The molecule has 3 aliphatic heterocycles. The highest BCUT2D eigenvalue weighted by molar-refractivity contribution is 5.74. The average molecular weight is 365 g/mol. The van der Waals surface area contributed by atoms with Gasteiger partial charge in [-0.1, -0.05) is 24.3 Å². The van der Waals surface area contributed by atoms with Gasteiger partial charge in [0.05, 0.1) is 0 Å². The highest BCUT2D eigenvalue weighted by atomic mass is 16.6. The fraction of sp³-hybridized carbons (Fsp3) is 0.429. The smallest absolute Gasteiger partial charge is 0.257 e. The molecule has 1 aromatic carbocycles. The van der Waals surface area contributed by atoms with Crippen molar-refractivity contribution >= 4 is 5.91 Å². The standard InChI is InChI=1S/C21H23N3O3/c1-14(25)24-12-17-9-18(24)11-23(17)10-15-4-6-16(7-5-15)20-13-26-19-3-2-8-22-21(19)27-20/h2-8,17-18,20H,9-13H2,1H3/t17-,18-,20?/m0/s1. The van der Waals surface area contributed by atoms with Crippen molar-refractivity contribution in [1.82, 2.24) is 14.8 Å². The molecule has 0 aliphatic carbocycles. The molecular formula is C21H23N3O3. The Bertz CT molecular complexity index is 854. The van der Waals surface area contributed by atoms with E-state index < -0.39 is 0 Å². The highest BCUT2D eigenvalue weighted by Gasteiger charge is 2.43. The molecule has 6 heteroatoms. The first-order chi connectivity index (χ1) is 13.2. The molecule has 6 nitrogen and oxygen atoms in total. The summed E-state index contributed by atoms with van der Waals surface area (Å²) in [6.45, 7) is 4.95. The van der Waals surface area contributed by atoms with Crippen molar-refractivity contribution in [1.29, 1.82) is 0 Å². The first-order valence-corrected chi connectivity index (χ1v) is 9.52. The van der Waals surface area contributed by atoms with Crippen LogP contribution in [-0.4, -0.2) is 52.5 Å². The number of aromatic nitrogens is 1. The highest BCUT2D eigenvalue weighted by Crippen LogP contribution is 2.35. The van der Waals surface area contributed by atoms with E-state index in [0.717, 1.165) is 31.6 Å². The molecule has 4 heterocycles. The largest absolute Gasteiger partial charge is 0.484 e. The van der Waals surface area contributed by atoms with Gasteiger partial charge in [0.1, 0.15) is 6.61 Å². The van der Waals surface area contributed by atoms with Crippen LogP contribution in [0.2, 0.25) is 0 Å². The molecule has 2 aromatic rings. The molecule has 0 radical (unpaired) electrons.